The maximum absolute atomic E-state index is 13.0. The van der Waals surface area contributed by atoms with Gasteiger partial charge in [-0.3, -0.25) is 14.5 Å². The molecule has 1 atom stereocenters. The van der Waals surface area contributed by atoms with Crippen LogP contribution in [0.5, 0.6) is 0 Å². The molecule has 0 aromatic heterocycles. The summed E-state index contributed by atoms with van der Waals surface area (Å²) in [4.78, 5) is 29.8. The van der Waals surface area contributed by atoms with Gasteiger partial charge in [0.25, 0.3) is 5.91 Å². The van der Waals surface area contributed by atoms with Gasteiger partial charge in [0.05, 0.1) is 6.04 Å². The van der Waals surface area contributed by atoms with Gasteiger partial charge >= 0.3 is 0 Å². The zero-order valence-corrected chi connectivity index (χ0v) is 18.3. The number of anilines is 1. The number of fused-ring (bicyclic) bond motifs is 1. The molecule has 1 aliphatic heterocycles. The number of nitrogens with zero attached hydrogens (tertiary/aromatic N) is 2. The molecule has 6 heteroatoms. The Bertz CT molecular complexity index is 1100. The van der Waals surface area contributed by atoms with Crippen LogP contribution in [0.4, 0.5) is 5.69 Å². The topological polar surface area (TPSA) is 52.7 Å². The molecule has 0 bridgehead atoms. The van der Waals surface area contributed by atoms with E-state index in [9.17, 15) is 9.59 Å². The molecule has 0 radical (unpaired) electrons. The molecule has 5 nitrogen and oxygen atoms in total. The second kappa shape index (κ2) is 9.50. The zero-order chi connectivity index (χ0) is 21.8. The van der Waals surface area contributed by atoms with Crippen molar-refractivity contribution in [1.82, 2.24) is 9.80 Å². The average molecular weight is 436 g/mol. The Kier molecular flexibility index (Phi) is 6.54. The van der Waals surface area contributed by atoms with Crippen molar-refractivity contribution < 1.29 is 9.59 Å². The van der Waals surface area contributed by atoms with E-state index in [-0.39, 0.29) is 17.9 Å². The van der Waals surface area contributed by atoms with Crippen LogP contribution in [-0.4, -0.2) is 53.8 Å². The van der Waals surface area contributed by atoms with Gasteiger partial charge in [-0.2, -0.15) is 0 Å². The lowest BCUT2D eigenvalue weighted by Gasteiger charge is -2.27. The van der Waals surface area contributed by atoms with Gasteiger partial charge in [0.1, 0.15) is 0 Å². The third-order valence-corrected chi connectivity index (χ3v) is 6.10. The molecule has 0 spiro atoms. The number of carbonyl (C=O) groups is 2. The van der Waals surface area contributed by atoms with E-state index in [1.54, 1.807) is 24.3 Å². The largest absolute Gasteiger partial charge is 0.337 e. The summed E-state index contributed by atoms with van der Waals surface area (Å²) < 4.78 is 0. The average Bonchev–Trinajstić information content (AvgIpc) is 3.04. The minimum atomic E-state index is -0.291. The van der Waals surface area contributed by atoms with Crippen LogP contribution in [0.15, 0.2) is 66.7 Å². The highest BCUT2D eigenvalue weighted by Gasteiger charge is 2.26. The summed E-state index contributed by atoms with van der Waals surface area (Å²) in [5.74, 6) is -0.0526. The highest BCUT2D eigenvalue weighted by molar-refractivity contribution is 6.30. The number of carbonyl (C=O) groups excluding carboxylic acids is 2. The van der Waals surface area contributed by atoms with E-state index in [0.717, 1.165) is 29.4 Å². The Morgan fingerprint density at radius 2 is 1.71 bits per heavy atom. The van der Waals surface area contributed by atoms with E-state index >= 15 is 0 Å². The molecule has 4 rings (SSSR count). The molecule has 0 saturated carbocycles. The summed E-state index contributed by atoms with van der Waals surface area (Å²) in [5.41, 5.74) is 1.42. The molecular formula is C25H26ClN3O2. The molecular weight excluding hydrogens is 410 g/mol. The van der Waals surface area contributed by atoms with E-state index in [4.69, 9.17) is 11.6 Å². The maximum atomic E-state index is 13.0. The summed E-state index contributed by atoms with van der Waals surface area (Å²) in [6, 6.07) is 20.7. The molecule has 3 aromatic carbocycles. The first-order valence-electron chi connectivity index (χ1n) is 10.6. The molecule has 1 fully saturated rings. The lowest BCUT2D eigenvalue weighted by Crippen LogP contribution is -2.44. The standard InChI is InChI=1S/C25H26ClN3O2/c1-18(24(30)27-23-12-5-8-19-7-2-3-11-22(19)23)28-13-6-14-29(16-15-28)25(31)20-9-4-10-21(26)17-20/h2-5,7-12,17-18H,6,13-16H2,1H3,(H,27,30). The monoisotopic (exact) mass is 435 g/mol. The maximum Gasteiger partial charge on any atom is 0.253 e. The second-order valence-electron chi connectivity index (χ2n) is 7.88. The fraction of sp³-hybridized carbons (Fsp3) is 0.280. The van der Waals surface area contributed by atoms with Gasteiger partial charge in [-0.1, -0.05) is 54.1 Å². The smallest absolute Gasteiger partial charge is 0.253 e. The first-order valence-corrected chi connectivity index (χ1v) is 11.0. The molecule has 1 N–H and O–H groups in total. The first-order chi connectivity index (χ1) is 15.0. The number of hydrogen-bond donors (Lipinski definition) is 1. The van der Waals surface area contributed by atoms with Gasteiger partial charge in [0, 0.05) is 47.8 Å². The predicted molar refractivity (Wildman–Crippen MR) is 126 cm³/mol. The van der Waals surface area contributed by atoms with Crippen molar-refractivity contribution in [3.63, 3.8) is 0 Å². The van der Waals surface area contributed by atoms with E-state index in [1.165, 1.54) is 0 Å². The molecule has 1 unspecified atom stereocenters. The van der Waals surface area contributed by atoms with Crippen LogP contribution in [0.25, 0.3) is 10.8 Å². The van der Waals surface area contributed by atoms with Crippen molar-refractivity contribution in [2.24, 2.45) is 0 Å². The zero-order valence-electron chi connectivity index (χ0n) is 17.6. The minimum absolute atomic E-state index is 0.0165. The molecule has 160 valence electrons. The fourth-order valence-electron chi connectivity index (χ4n) is 4.07. The quantitative estimate of drug-likeness (QED) is 0.648. The van der Waals surface area contributed by atoms with Crippen LogP contribution in [-0.2, 0) is 4.79 Å². The first kappa shape index (κ1) is 21.3. The van der Waals surface area contributed by atoms with Gasteiger partial charge in [0.15, 0.2) is 0 Å². The van der Waals surface area contributed by atoms with E-state index in [1.807, 2.05) is 54.3 Å². The summed E-state index contributed by atoms with van der Waals surface area (Å²) in [6.45, 7) is 4.59. The lowest BCUT2D eigenvalue weighted by molar-refractivity contribution is -0.120. The van der Waals surface area contributed by atoms with Crippen molar-refractivity contribution in [1.29, 1.82) is 0 Å². The van der Waals surface area contributed by atoms with Gasteiger partial charge < -0.3 is 10.2 Å². The van der Waals surface area contributed by atoms with Crippen LogP contribution in [0.1, 0.15) is 23.7 Å². The van der Waals surface area contributed by atoms with Gasteiger partial charge in [-0.15, -0.1) is 0 Å². The van der Waals surface area contributed by atoms with E-state index in [2.05, 4.69) is 10.2 Å². The van der Waals surface area contributed by atoms with Crippen LogP contribution in [0.3, 0.4) is 0 Å². The highest BCUT2D eigenvalue weighted by Crippen LogP contribution is 2.23. The minimum Gasteiger partial charge on any atom is -0.337 e. The number of benzene rings is 3. The highest BCUT2D eigenvalue weighted by atomic mass is 35.5. The summed E-state index contributed by atoms with van der Waals surface area (Å²) in [6.07, 6.45) is 0.818. The van der Waals surface area contributed by atoms with Crippen molar-refractivity contribution in [2.45, 2.75) is 19.4 Å². The SMILES string of the molecule is CC(C(=O)Nc1cccc2ccccc12)N1CCCN(C(=O)c2cccc(Cl)c2)CC1. The predicted octanol–water partition coefficient (Wildman–Crippen LogP) is 4.67. The van der Waals surface area contributed by atoms with Crippen LogP contribution < -0.4 is 5.32 Å². The van der Waals surface area contributed by atoms with Crippen molar-refractivity contribution >= 4 is 39.9 Å². The van der Waals surface area contributed by atoms with Gasteiger partial charge in [-0.25, -0.2) is 0 Å². The molecule has 2 amide bonds. The second-order valence-corrected chi connectivity index (χ2v) is 8.32. The van der Waals surface area contributed by atoms with Crippen molar-refractivity contribution in [3.8, 4) is 0 Å². The van der Waals surface area contributed by atoms with E-state index in [0.29, 0.717) is 30.2 Å². The van der Waals surface area contributed by atoms with Gasteiger partial charge in [0.2, 0.25) is 5.91 Å². The van der Waals surface area contributed by atoms with Crippen LogP contribution >= 0.6 is 11.6 Å². The number of hydrogen-bond acceptors (Lipinski definition) is 3. The summed E-state index contributed by atoms with van der Waals surface area (Å²) >= 11 is 6.04. The molecule has 31 heavy (non-hydrogen) atoms. The molecule has 1 saturated heterocycles. The number of rotatable bonds is 4. The van der Waals surface area contributed by atoms with E-state index < -0.39 is 0 Å². The Labute approximate surface area is 187 Å². The third kappa shape index (κ3) is 4.89. The normalized spacial score (nSPS) is 16.0. The summed E-state index contributed by atoms with van der Waals surface area (Å²) in [7, 11) is 0. The summed E-state index contributed by atoms with van der Waals surface area (Å²) in [5, 5.41) is 5.77. The molecule has 0 aliphatic carbocycles. The van der Waals surface area contributed by atoms with Crippen molar-refractivity contribution in [2.75, 3.05) is 31.5 Å². The van der Waals surface area contributed by atoms with Crippen molar-refractivity contribution in [3.05, 3.63) is 77.3 Å². The number of amides is 2. The van der Waals surface area contributed by atoms with Crippen LogP contribution in [0, 0.1) is 0 Å². The Hall–Kier alpha value is -2.89. The van der Waals surface area contributed by atoms with Crippen LogP contribution in [0.2, 0.25) is 5.02 Å². The lowest BCUT2D eigenvalue weighted by atomic mass is 10.1. The Morgan fingerprint density at radius 3 is 2.55 bits per heavy atom. The fourth-order valence-corrected chi connectivity index (χ4v) is 4.26. The van der Waals surface area contributed by atoms with Gasteiger partial charge in [-0.05, 0) is 43.0 Å². The Morgan fingerprint density at radius 1 is 0.935 bits per heavy atom. The molecule has 3 aromatic rings. The Balaban J connectivity index is 1.40. The number of halogens is 1. The number of nitrogens with one attached hydrogen (secondary N) is 1. The third-order valence-electron chi connectivity index (χ3n) is 5.86. The molecule has 1 aliphatic rings. The molecule has 1 heterocycles.